The van der Waals surface area contributed by atoms with E-state index >= 15 is 0 Å². The van der Waals surface area contributed by atoms with Crippen molar-refractivity contribution in [2.45, 2.75) is 25.9 Å². The topological polar surface area (TPSA) is 64.0 Å². The van der Waals surface area contributed by atoms with E-state index < -0.39 is 0 Å². The number of carbonyl (C=O) groups excluding carboxylic acids is 1. The molecule has 0 aliphatic rings. The van der Waals surface area contributed by atoms with Gasteiger partial charge in [-0.15, -0.1) is 0 Å². The molecular weight excluding hydrogens is 362 g/mol. The molecule has 3 aromatic rings. The molecule has 2 aromatic carbocycles. The molecule has 0 radical (unpaired) electrons. The van der Waals surface area contributed by atoms with Gasteiger partial charge in [0.05, 0.1) is 18.3 Å². The zero-order valence-corrected chi connectivity index (χ0v) is 15.7. The molecule has 5 nitrogen and oxygen atoms in total. The number of halogens is 1. The summed E-state index contributed by atoms with van der Waals surface area (Å²) >= 11 is 6.02. The van der Waals surface area contributed by atoms with Crippen molar-refractivity contribution >= 4 is 17.5 Å². The predicted molar refractivity (Wildman–Crippen MR) is 107 cm³/mol. The molecule has 0 spiro atoms. The third kappa shape index (κ3) is 5.05. The lowest BCUT2D eigenvalue weighted by atomic mass is 10.1. The Bertz CT molecular complexity index is 986. The van der Waals surface area contributed by atoms with Gasteiger partial charge in [0.25, 0.3) is 5.56 Å². The molecule has 27 heavy (non-hydrogen) atoms. The van der Waals surface area contributed by atoms with Crippen molar-refractivity contribution in [1.29, 1.82) is 0 Å². The third-order valence-electron chi connectivity index (χ3n) is 4.21. The second-order valence-corrected chi connectivity index (χ2v) is 6.68. The number of aryl methyl sites for hydroxylation is 1. The summed E-state index contributed by atoms with van der Waals surface area (Å²) in [5, 5.41) is 7.90. The summed E-state index contributed by atoms with van der Waals surface area (Å²) in [7, 11) is 0. The van der Waals surface area contributed by atoms with Crippen molar-refractivity contribution in [3.8, 4) is 11.3 Å². The number of rotatable bonds is 6. The Morgan fingerprint density at radius 3 is 2.63 bits per heavy atom. The number of amides is 1. The fraction of sp³-hybridized carbons (Fsp3) is 0.190. The standard InChI is InChI=1S/C21H20ClN3O2/c1-15(16-6-3-2-4-7-16)23-20(26)12-13-25-21(27)11-10-19(24-25)17-8-5-9-18(22)14-17/h2-11,14-15H,12-13H2,1H3,(H,23,26). The molecule has 0 aliphatic carbocycles. The van der Waals surface area contributed by atoms with Crippen molar-refractivity contribution in [2.24, 2.45) is 0 Å². The highest BCUT2D eigenvalue weighted by Gasteiger charge is 2.10. The van der Waals surface area contributed by atoms with Gasteiger partial charge in [-0.2, -0.15) is 5.10 Å². The molecule has 1 atom stereocenters. The lowest BCUT2D eigenvalue weighted by Gasteiger charge is -2.14. The zero-order chi connectivity index (χ0) is 19.2. The Morgan fingerprint density at radius 1 is 1.11 bits per heavy atom. The second kappa shape index (κ2) is 8.64. The maximum absolute atomic E-state index is 12.2. The summed E-state index contributed by atoms with van der Waals surface area (Å²) in [5.74, 6) is -0.131. The van der Waals surface area contributed by atoms with E-state index in [1.165, 1.54) is 10.7 Å². The fourth-order valence-electron chi connectivity index (χ4n) is 2.76. The first-order valence-electron chi connectivity index (χ1n) is 8.71. The fourth-order valence-corrected chi connectivity index (χ4v) is 2.95. The SMILES string of the molecule is CC(NC(=O)CCn1nc(-c2cccc(Cl)c2)ccc1=O)c1ccccc1. The van der Waals surface area contributed by atoms with Gasteiger partial charge in [-0.25, -0.2) is 4.68 Å². The lowest BCUT2D eigenvalue weighted by molar-refractivity contribution is -0.122. The van der Waals surface area contributed by atoms with Crippen LogP contribution >= 0.6 is 11.6 Å². The summed E-state index contributed by atoms with van der Waals surface area (Å²) in [5.41, 5.74) is 2.24. The Balaban J connectivity index is 1.66. The van der Waals surface area contributed by atoms with Gasteiger partial charge in [0.15, 0.2) is 0 Å². The Morgan fingerprint density at radius 2 is 1.89 bits per heavy atom. The summed E-state index contributed by atoms with van der Waals surface area (Å²) < 4.78 is 1.31. The zero-order valence-electron chi connectivity index (χ0n) is 14.9. The number of benzene rings is 2. The molecule has 1 amide bonds. The molecule has 0 fully saturated rings. The average Bonchev–Trinajstić information content (AvgIpc) is 2.68. The van der Waals surface area contributed by atoms with E-state index in [1.807, 2.05) is 49.4 Å². The quantitative estimate of drug-likeness (QED) is 0.705. The van der Waals surface area contributed by atoms with E-state index in [0.29, 0.717) is 10.7 Å². The van der Waals surface area contributed by atoms with Crippen molar-refractivity contribution < 1.29 is 4.79 Å². The van der Waals surface area contributed by atoms with Crippen molar-refractivity contribution in [2.75, 3.05) is 0 Å². The van der Waals surface area contributed by atoms with Gasteiger partial charge in [0.2, 0.25) is 5.91 Å². The Hall–Kier alpha value is -2.92. The van der Waals surface area contributed by atoms with E-state index in [0.717, 1.165) is 11.1 Å². The highest BCUT2D eigenvalue weighted by molar-refractivity contribution is 6.30. The molecule has 138 valence electrons. The maximum Gasteiger partial charge on any atom is 0.266 e. The highest BCUT2D eigenvalue weighted by Crippen LogP contribution is 2.19. The summed E-state index contributed by atoms with van der Waals surface area (Å²) in [6.07, 6.45) is 0.170. The van der Waals surface area contributed by atoms with Gasteiger partial charge >= 0.3 is 0 Å². The molecular formula is C21H20ClN3O2. The van der Waals surface area contributed by atoms with E-state index in [2.05, 4.69) is 10.4 Å². The van der Waals surface area contributed by atoms with Crippen LogP contribution in [0.15, 0.2) is 71.5 Å². The first-order valence-corrected chi connectivity index (χ1v) is 9.09. The van der Waals surface area contributed by atoms with Crippen LogP contribution in [0.2, 0.25) is 5.02 Å². The van der Waals surface area contributed by atoms with E-state index in [9.17, 15) is 9.59 Å². The minimum Gasteiger partial charge on any atom is -0.350 e. The Labute approximate surface area is 162 Å². The number of nitrogens with zero attached hydrogens (tertiary/aromatic N) is 2. The molecule has 0 aliphatic heterocycles. The summed E-state index contributed by atoms with van der Waals surface area (Å²) in [4.78, 5) is 24.3. The van der Waals surface area contributed by atoms with Gasteiger partial charge in [0, 0.05) is 23.1 Å². The van der Waals surface area contributed by atoms with Crippen LogP contribution in [0.25, 0.3) is 11.3 Å². The van der Waals surface area contributed by atoms with Crippen LogP contribution in [0.5, 0.6) is 0 Å². The van der Waals surface area contributed by atoms with Crippen LogP contribution in [-0.2, 0) is 11.3 Å². The molecule has 0 saturated carbocycles. The van der Waals surface area contributed by atoms with Gasteiger partial charge in [0.1, 0.15) is 0 Å². The predicted octanol–water partition coefficient (Wildman–Crippen LogP) is 3.83. The van der Waals surface area contributed by atoms with Crippen LogP contribution < -0.4 is 10.9 Å². The first-order chi connectivity index (χ1) is 13.0. The van der Waals surface area contributed by atoms with Crippen LogP contribution in [0.1, 0.15) is 24.9 Å². The average molecular weight is 382 g/mol. The lowest BCUT2D eigenvalue weighted by Crippen LogP contribution is -2.30. The third-order valence-corrected chi connectivity index (χ3v) is 4.45. The molecule has 6 heteroatoms. The number of carbonyl (C=O) groups is 1. The molecule has 0 saturated heterocycles. The molecule has 1 heterocycles. The Kier molecular flexibility index (Phi) is 6.04. The van der Waals surface area contributed by atoms with Crippen molar-refractivity contribution in [3.63, 3.8) is 0 Å². The van der Waals surface area contributed by atoms with Gasteiger partial charge in [-0.3, -0.25) is 9.59 Å². The van der Waals surface area contributed by atoms with Gasteiger partial charge < -0.3 is 5.32 Å². The maximum atomic E-state index is 12.2. The van der Waals surface area contributed by atoms with Crippen molar-refractivity contribution in [1.82, 2.24) is 15.1 Å². The number of hydrogen-bond acceptors (Lipinski definition) is 3. The first kappa shape index (κ1) is 18.9. The minimum atomic E-state index is -0.246. The second-order valence-electron chi connectivity index (χ2n) is 6.24. The van der Waals surface area contributed by atoms with Crippen LogP contribution in [0.3, 0.4) is 0 Å². The van der Waals surface area contributed by atoms with Crippen molar-refractivity contribution in [3.05, 3.63) is 87.7 Å². The van der Waals surface area contributed by atoms with E-state index in [4.69, 9.17) is 11.6 Å². The molecule has 1 unspecified atom stereocenters. The number of nitrogens with one attached hydrogen (secondary N) is 1. The smallest absolute Gasteiger partial charge is 0.266 e. The highest BCUT2D eigenvalue weighted by atomic mass is 35.5. The van der Waals surface area contributed by atoms with Gasteiger partial charge in [-0.05, 0) is 30.7 Å². The molecule has 0 bridgehead atoms. The number of hydrogen-bond donors (Lipinski definition) is 1. The van der Waals surface area contributed by atoms with Crippen LogP contribution in [0, 0.1) is 0 Å². The van der Waals surface area contributed by atoms with Crippen LogP contribution in [0.4, 0.5) is 0 Å². The van der Waals surface area contributed by atoms with Gasteiger partial charge in [-0.1, -0.05) is 54.1 Å². The van der Waals surface area contributed by atoms with E-state index in [-0.39, 0.29) is 30.5 Å². The molecule has 3 rings (SSSR count). The van der Waals surface area contributed by atoms with E-state index in [1.54, 1.807) is 18.2 Å². The molecule has 1 aromatic heterocycles. The van der Waals surface area contributed by atoms with Crippen LogP contribution in [-0.4, -0.2) is 15.7 Å². The molecule has 1 N–H and O–H groups in total. The normalized spacial score (nSPS) is 11.8. The number of aromatic nitrogens is 2. The minimum absolute atomic E-state index is 0.0961. The summed E-state index contributed by atoms with van der Waals surface area (Å²) in [6, 6.07) is 20.0. The summed E-state index contributed by atoms with van der Waals surface area (Å²) in [6.45, 7) is 2.14. The largest absolute Gasteiger partial charge is 0.350 e. The monoisotopic (exact) mass is 381 g/mol.